The maximum atomic E-state index is 13.3. The molecule has 0 saturated heterocycles. The summed E-state index contributed by atoms with van der Waals surface area (Å²) >= 11 is 0. The maximum absolute atomic E-state index is 13.3. The molecule has 25 heavy (non-hydrogen) atoms. The molecule has 4 nitrogen and oxygen atoms in total. The van der Waals surface area contributed by atoms with E-state index >= 15 is 0 Å². The van der Waals surface area contributed by atoms with Gasteiger partial charge in [-0.3, -0.25) is 4.79 Å². The van der Waals surface area contributed by atoms with E-state index in [0.717, 1.165) is 11.0 Å². The highest BCUT2D eigenvalue weighted by Crippen LogP contribution is 2.45. The van der Waals surface area contributed by atoms with E-state index in [0.29, 0.717) is 6.07 Å². The van der Waals surface area contributed by atoms with Crippen LogP contribution in [0.3, 0.4) is 0 Å². The van der Waals surface area contributed by atoms with Gasteiger partial charge in [0, 0.05) is 6.07 Å². The number of benzene rings is 1. The molecular weight excluding hydrogens is 354 g/mol. The molecule has 0 aliphatic carbocycles. The van der Waals surface area contributed by atoms with E-state index in [1.165, 1.54) is 13.0 Å². The largest absolute Gasteiger partial charge is 0.486 e. The molecule has 0 fully saturated rings. The SMILES string of the molecule is CC1CN(CC(F)(F)F)c2ccc3[nH]c(=O)cc(C(F)(F)F)c3c2O1. The zero-order valence-corrected chi connectivity index (χ0v) is 12.8. The van der Waals surface area contributed by atoms with Crippen LogP contribution >= 0.6 is 0 Å². The van der Waals surface area contributed by atoms with Crippen molar-refractivity contribution in [3.05, 3.63) is 34.1 Å². The van der Waals surface area contributed by atoms with Crippen molar-refractivity contribution in [3.63, 3.8) is 0 Å². The predicted octanol–water partition coefficient (Wildman–Crippen LogP) is 3.70. The summed E-state index contributed by atoms with van der Waals surface area (Å²) in [6, 6.07) is 2.73. The Morgan fingerprint density at radius 2 is 1.92 bits per heavy atom. The van der Waals surface area contributed by atoms with E-state index in [2.05, 4.69) is 4.98 Å². The van der Waals surface area contributed by atoms with Crippen LogP contribution in [0.4, 0.5) is 32.0 Å². The summed E-state index contributed by atoms with van der Waals surface area (Å²) in [5.41, 5.74) is -2.46. The minimum Gasteiger partial charge on any atom is -0.486 e. The van der Waals surface area contributed by atoms with Crippen molar-refractivity contribution in [2.45, 2.75) is 25.4 Å². The Morgan fingerprint density at radius 1 is 1.24 bits per heavy atom. The molecule has 1 aliphatic rings. The third-order valence-corrected chi connectivity index (χ3v) is 3.75. The fourth-order valence-corrected chi connectivity index (χ4v) is 2.92. The molecule has 10 heteroatoms. The van der Waals surface area contributed by atoms with E-state index in [9.17, 15) is 31.1 Å². The summed E-state index contributed by atoms with van der Waals surface area (Å²) in [5, 5.41) is -0.455. The highest BCUT2D eigenvalue weighted by molar-refractivity contribution is 5.94. The second-order valence-corrected chi connectivity index (χ2v) is 5.81. The van der Waals surface area contributed by atoms with E-state index < -0.39 is 41.5 Å². The first-order valence-electron chi connectivity index (χ1n) is 7.21. The summed E-state index contributed by atoms with van der Waals surface area (Å²) in [4.78, 5) is 14.7. The first-order chi connectivity index (χ1) is 11.5. The van der Waals surface area contributed by atoms with Crippen LogP contribution in [-0.4, -0.2) is 30.4 Å². The number of hydrogen-bond donors (Lipinski definition) is 1. The molecule has 0 saturated carbocycles. The monoisotopic (exact) mass is 366 g/mol. The molecule has 136 valence electrons. The van der Waals surface area contributed by atoms with E-state index in [1.54, 1.807) is 0 Å². The lowest BCUT2D eigenvalue weighted by molar-refractivity contribution is -0.136. The van der Waals surface area contributed by atoms with Crippen LogP contribution in [0.5, 0.6) is 5.75 Å². The molecule has 1 N–H and O–H groups in total. The zero-order chi connectivity index (χ0) is 18.6. The summed E-state index contributed by atoms with van der Waals surface area (Å²) in [6.45, 7) is 0.0245. The minimum absolute atomic E-state index is 0.0968. The Labute approximate surface area is 137 Å². The van der Waals surface area contributed by atoms with Gasteiger partial charge in [-0.1, -0.05) is 0 Å². The number of ether oxygens (including phenoxy) is 1. The molecular formula is C15H12F6N2O2. The van der Waals surface area contributed by atoms with Gasteiger partial charge in [0.25, 0.3) is 0 Å². The molecule has 2 heterocycles. The van der Waals surface area contributed by atoms with Gasteiger partial charge in [-0.25, -0.2) is 0 Å². The number of hydrogen-bond acceptors (Lipinski definition) is 3. The standard InChI is InChI=1S/C15H12F6N2O2/c1-7-5-23(6-14(16,17)18)10-3-2-9-12(13(10)25-7)8(15(19,20)21)4-11(24)22-9/h2-4,7H,5-6H2,1H3,(H,22,24). The zero-order valence-electron chi connectivity index (χ0n) is 12.8. The molecule has 1 unspecified atom stereocenters. The molecule has 0 amide bonds. The van der Waals surface area contributed by atoms with Gasteiger partial charge in [-0.15, -0.1) is 0 Å². The number of rotatable bonds is 1. The van der Waals surface area contributed by atoms with Crippen LogP contribution in [0.15, 0.2) is 23.0 Å². The van der Waals surface area contributed by atoms with Crippen molar-refractivity contribution in [1.82, 2.24) is 4.98 Å². The number of nitrogens with zero attached hydrogens (tertiary/aromatic N) is 1. The topological polar surface area (TPSA) is 45.3 Å². The Balaban J connectivity index is 2.29. The van der Waals surface area contributed by atoms with Gasteiger partial charge in [0.15, 0.2) is 5.75 Å². The number of anilines is 1. The Kier molecular flexibility index (Phi) is 3.88. The number of pyridine rings is 1. The van der Waals surface area contributed by atoms with Crippen LogP contribution in [0, 0.1) is 0 Å². The number of H-pyrrole nitrogens is 1. The molecule has 0 bridgehead atoms. The van der Waals surface area contributed by atoms with Crippen LogP contribution in [0.25, 0.3) is 10.9 Å². The van der Waals surface area contributed by atoms with Crippen molar-refractivity contribution in [2.75, 3.05) is 18.0 Å². The number of aromatic nitrogens is 1. The van der Waals surface area contributed by atoms with Crippen molar-refractivity contribution in [1.29, 1.82) is 0 Å². The van der Waals surface area contributed by atoms with Crippen LogP contribution in [0.2, 0.25) is 0 Å². The quantitative estimate of drug-likeness (QED) is 0.783. The van der Waals surface area contributed by atoms with Gasteiger partial charge in [0.05, 0.1) is 28.7 Å². The number of nitrogens with one attached hydrogen (secondary N) is 1. The summed E-state index contributed by atoms with van der Waals surface area (Å²) < 4.78 is 83.8. The van der Waals surface area contributed by atoms with Crippen LogP contribution in [0.1, 0.15) is 12.5 Å². The van der Waals surface area contributed by atoms with E-state index in [4.69, 9.17) is 4.74 Å². The molecule has 0 spiro atoms. The fraction of sp³-hybridized carbons (Fsp3) is 0.400. The molecule has 1 aliphatic heterocycles. The highest BCUT2D eigenvalue weighted by Gasteiger charge is 2.39. The summed E-state index contributed by atoms with van der Waals surface area (Å²) in [7, 11) is 0. The van der Waals surface area contributed by atoms with Gasteiger partial charge in [-0.05, 0) is 19.1 Å². The molecule has 2 aromatic rings. The molecule has 1 aromatic heterocycles. The number of alkyl halides is 6. The Morgan fingerprint density at radius 3 is 2.52 bits per heavy atom. The van der Waals surface area contributed by atoms with Crippen molar-refractivity contribution < 1.29 is 31.1 Å². The average Bonchev–Trinajstić information content (AvgIpc) is 2.42. The summed E-state index contributed by atoms with van der Waals surface area (Å²) in [6.07, 6.45) is -10.1. The third-order valence-electron chi connectivity index (χ3n) is 3.75. The predicted molar refractivity (Wildman–Crippen MR) is 77.9 cm³/mol. The lowest BCUT2D eigenvalue weighted by atomic mass is 10.0. The Bertz CT molecular complexity index is 871. The van der Waals surface area contributed by atoms with Gasteiger partial charge in [0.2, 0.25) is 5.56 Å². The molecule has 0 radical (unpaired) electrons. The lowest BCUT2D eigenvalue weighted by Gasteiger charge is -2.36. The van der Waals surface area contributed by atoms with Gasteiger partial charge >= 0.3 is 12.4 Å². The smallest absolute Gasteiger partial charge is 0.417 e. The van der Waals surface area contributed by atoms with Crippen molar-refractivity contribution in [2.24, 2.45) is 0 Å². The lowest BCUT2D eigenvalue weighted by Crippen LogP contribution is -2.43. The van der Waals surface area contributed by atoms with Gasteiger partial charge in [-0.2, -0.15) is 26.3 Å². The second kappa shape index (κ2) is 5.57. The van der Waals surface area contributed by atoms with E-state index in [-0.39, 0.29) is 23.5 Å². The minimum atomic E-state index is -4.86. The third kappa shape index (κ3) is 3.38. The van der Waals surface area contributed by atoms with Crippen molar-refractivity contribution in [3.8, 4) is 5.75 Å². The van der Waals surface area contributed by atoms with Crippen LogP contribution < -0.4 is 15.2 Å². The first kappa shape index (κ1) is 17.4. The first-order valence-corrected chi connectivity index (χ1v) is 7.21. The number of fused-ring (bicyclic) bond motifs is 3. The fourth-order valence-electron chi connectivity index (χ4n) is 2.92. The molecule has 1 atom stereocenters. The normalized spacial score (nSPS) is 18.2. The van der Waals surface area contributed by atoms with Gasteiger partial charge in [0.1, 0.15) is 12.6 Å². The second-order valence-electron chi connectivity index (χ2n) is 5.81. The Hall–Kier alpha value is -2.39. The molecule has 3 rings (SSSR count). The summed E-state index contributed by atoms with van der Waals surface area (Å²) in [5.74, 6) is -0.316. The maximum Gasteiger partial charge on any atom is 0.417 e. The highest BCUT2D eigenvalue weighted by atomic mass is 19.4. The molecule has 1 aromatic carbocycles. The van der Waals surface area contributed by atoms with Gasteiger partial charge < -0.3 is 14.6 Å². The van der Waals surface area contributed by atoms with Crippen molar-refractivity contribution >= 4 is 16.6 Å². The average molecular weight is 366 g/mol. The van der Waals surface area contributed by atoms with E-state index in [1.807, 2.05) is 0 Å². The number of aromatic amines is 1. The number of halogens is 6. The van der Waals surface area contributed by atoms with Crippen LogP contribution in [-0.2, 0) is 6.18 Å².